The topological polar surface area (TPSA) is 49.8 Å². The molecule has 2 aliphatic rings. The molecule has 0 amide bonds. The van der Waals surface area contributed by atoms with Gasteiger partial charge in [0.05, 0.1) is 10.2 Å². The zero-order valence-corrected chi connectivity index (χ0v) is 9.50. The van der Waals surface area contributed by atoms with E-state index < -0.39 is 0 Å². The first-order chi connectivity index (χ1) is 7.93. The smallest absolute Gasteiger partial charge is 0.147 e. The van der Waals surface area contributed by atoms with Gasteiger partial charge in [0, 0.05) is 19.1 Å². The Morgan fingerprint density at radius 1 is 1.31 bits per heavy atom. The summed E-state index contributed by atoms with van der Waals surface area (Å²) >= 11 is 1.71. The summed E-state index contributed by atoms with van der Waals surface area (Å²) in [5.74, 6) is 2.63. The van der Waals surface area contributed by atoms with Gasteiger partial charge in [-0.25, -0.2) is 9.97 Å². The predicted molar refractivity (Wildman–Crippen MR) is 64.7 cm³/mol. The highest BCUT2D eigenvalue weighted by Crippen LogP contribution is 2.44. The van der Waals surface area contributed by atoms with Gasteiger partial charge < -0.3 is 10.6 Å². The average molecular weight is 232 g/mol. The highest BCUT2D eigenvalue weighted by atomic mass is 32.1. The molecule has 0 spiro atoms. The van der Waals surface area contributed by atoms with Crippen molar-refractivity contribution in [3.05, 3.63) is 17.8 Å². The summed E-state index contributed by atoms with van der Waals surface area (Å²) in [4.78, 5) is 8.60. The molecule has 2 atom stereocenters. The fraction of sp³-hybridized carbons (Fsp3) is 0.455. The molecular formula is C11H12N4S. The maximum absolute atomic E-state index is 4.35. The second kappa shape index (κ2) is 3.15. The van der Waals surface area contributed by atoms with E-state index in [4.69, 9.17) is 0 Å². The molecule has 2 aromatic rings. The number of hydrogen-bond acceptors (Lipinski definition) is 5. The van der Waals surface area contributed by atoms with Crippen LogP contribution >= 0.6 is 11.3 Å². The van der Waals surface area contributed by atoms with Crippen LogP contribution in [0.15, 0.2) is 17.8 Å². The van der Waals surface area contributed by atoms with Crippen LogP contribution < -0.4 is 10.6 Å². The van der Waals surface area contributed by atoms with Crippen LogP contribution in [0.3, 0.4) is 0 Å². The minimum absolute atomic E-state index is 0.626. The van der Waals surface area contributed by atoms with E-state index in [9.17, 15) is 0 Å². The van der Waals surface area contributed by atoms with Gasteiger partial charge in [0.1, 0.15) is 12.1 Å². The lowest BCUT2D eigenvalue weighted by Crippen LogP contribution is -2.21. The van der Waals surface area contributed by atoms with Gasteiger partial charge in [0.2, 0.25) is 0 Å². The summed E-state index contributed by atoms with van der Waals surface area (Å²) in [6, 6.07) is 2.67. The van der Waals surface area contributed by atoms with Gasteiger partial charge in [-0.3, -0.25) is 0 Å². The van der Waals surface area contributed by atoms with Crippen LogP contribution in [0.4, 0.5) is 5.82 Å². The molecule has 1 aliphatic carbocycles. The Balaban J connectivity index is 1.65. The third kappa shape index (κ3) is 1.18. The van der Waals surface area contributed by atoms with Crippen molar-refractivity contribution in [3.8, 4) is 0 Å². The largest absolute Gasteiger partial charge is 0.365 e. The van der Waals surface area contributed by atoms with Gasteiger partial charge in [-0.05, 0) is 23.3 Å². The maximum Gasteiger partial charge on any atom is 0.147 e. The lowest BCUT2D eigenvalue weighted by atomic mass is 10.4. The van der Waals surface area contributed by atoms with Crippen molar-refractivity contribution < 1.29 is 0 Å². The number of nitrogens with one attached hydrogen (secondary N) is 2. The normalized spacial score (nSPS) is 31.6. The molecule has 1 aliphatic heterocycles. The Bertz CT molecular complexity index is 528. The summed E-state index contributed by atoms with van der Waals surface area (Å²) in [6.45, 7) is 2.31. The first kappa shape index (κ1) is 8.90. The minimum Gasteiger partial charge on any atom is -0.365 e. The number of hydrogen-bond donors (Lipinski definition) is 2. The van der Waals surface area contributed by atoms with Crippen LogP contribution in [0.25, 0.3) is 10.2 Å². The Morgan fingerprint density at radius 2 is 2.19 bits per heavy atom. The Morgan fingerprint density at radius 3 is 3.06 bits per heavy atom. The van der Waals surface area contributed by atoms with Crippen molar-refractivity contribution in [1.82, 2.24) is 15.3 Å². The van der Waals surface area contributed by atoms with E-state index in [1.54, 1.807) is 17.7 Å². The van der Waals surface area contributed by atoms with E-state index in [0.717, 1.165) is 36.3 Å². The molecule has 4 nitrogen and oxygen atoms in total. The van der Waals surface area contributed by atoms with Gasteiger partial charge in [-0.1, -0.05) is 0 Å². The van der Waals surface area contributed by atoms with Crippen molar-refractivity contribution in [2.24, 2.45) is 11.8 Å². The number of thiophene rings is 1. The second-order valence-corrected chi connectivity index (χ2v) is 5.43. The third-order valence-corrected chi connectivity index (χ3v) is 4.55. The van der Waals surface area contributed by atoms with Gasteiger partial charge >= 0.3 is 0 Å². The number of rotatable bonds is 2. The number of aromatic nitrogens is 2. The first-order valence-corrected chi connectivity index (χ1v) is 6.47. The van der Waals surface area contributed by atoms with Crippen molar-refractivity contribution in [2.45, 2.75) is 6.04 Å². The summed E-state index contributed by atoms with van der Waals surface area (Å²) in [5, 5.41) is 9.04. The van der Waals surface area contributed by atoms with Crippen molar-refractivity contribution in [3.63, 3.8) is 0 Å². The molecule has 2 aromatic heterocycles. The van der Waals surface area contributed by atoms with Gasteiger partial charge in [0.15, 0.2) is 0 Å². The number of nitrogens with zero attached hydrogens (tertiary/aromatic N) is 2. The standard InChI is InChI=1S/C11H12N4S/c1-2-16-10-8(1)13-5-14-11(10)15-9-6-3-12-4-7(6)9/h1-2,5-7,9,12H,3-4H2,(H,13,14,15). The van der Waals surface area contributed by atoms with E-state index >= 15 is 0 Å². The lowest BCUT2D eigenvalue weighted by Gasteiger charge is -2.08. The molecule has 2 unspecified atom stereocenters. The lowest BCUT2D eigenvalue weighted by molar-refractivity contribution is 0.696. The van der Waals surface area contributed by atoms with E-state index in [-0.39, 0.29) is 0 Å². The van der Waals surface area contributed by atoms with Crippen molar-refractivity contribution in [1.29, 1.82) is 0 Å². The van der Waals surface area contributed by atoms with Crippen LogP contribution in [0, 0.1) is 11.8 Å². The fourth-order valence-corrected chi connectivity index (χ4v) is 3.48. The fourth-order valence-electron chi connectivity index (χ4n) is 2.68. The molecule has 82 valence electrons. The van der Waals surface area contributed by atoms with Crippen LogP contribution in [0.5, 0.6) is 0 Å². The average Bonchev–Trinajstić information content (AvgIpc) is 2.80. The first-order valence-electron chi connectivity index (χ1n) is 5.59. The molecule has 2 fully saturated rings. The molecule has 0 bridgehead atoms. The predicted octanol–water partition coefficient (Wildman–Crippen LogP) is 1.32. The van der Waals surface area contributed by atoms with E-state index in [0.29, 0.717) is 6.04 Å². The van der Waals surface area contributed by atoms with Gasteiger partial charge in [-0.15, -0.1) is 11.3 Å². The van der Waals surface area contributed by atoms with Crippen LogP contribution in [-0.2, 0) is 0 Å². The highest BCUT2D eigenvalue weighted by molar-refractivity contribution is 7.17. The minimum atomic E-state index is 0.626. The number of fused-ring (bicyclic) bond motifs is 2. The van der Waals surface area contributed by atoms with E-state index in [2.05, 4.69) is 26.0 Å². The maximum atomic E-state index is 4.35. The van der Waals surface area contributed by atoms with Gasteiger partial charge in [0.25, 0.3) is 0 Å². The van der Waals surface area contributed by atoms with Gasteiger partial charge in [-0.2, -0.15) is 0 Å². The van der Waals surface area contributed by atoms with Crippen LogP contribution in [-0.4, -0.2) is 29.1 Å². The Hall–Kier alpha value is -1.20. The molecule has 3 heterocycles. The molecule has 0 aromatic carbocycles. The van der Waals surface area contributed by atoms with E-state index in [1.807, 2.05) is 6.07 Å². The molecule has 2 N–H and O–H groups in total. The molecule has 4 rings (SSSR count). The molecule has 5 heteroatoms. The Labute approximate surface area is 97.1 Å². The molecule has 1 saturated heterocycles. The summed E-state index contributed by atoms with van der Waals surface area (Å²) in [6.07, 6.45) is 1.65. The molecular weight excluding hydrogens is 220 g/mol. The van der Waals surface area contributed by atoms with Crippen LogP contribution in [0.1, 0.15) is 0 Å². The summed E-state index contributed by atoms with van der Waals surface area (Å²) in [7, 11) is 0. The van der Waals surface area contributed by atoms with Crippen molar-refractivity contribution in [2.75, 3.05) is 18.4 Å². The van der Waals surface area contributed by atoms with Crippen LogP contribution in [0.2, 0.25) is 0 Å². The summed E-state index contributed by atoms with van der Waals surface area (Å²) < 4.78 is 1.18. The second-order valence-electron chi connectivity index (χ2n) is 4.51. The summed E-state index contributed by atoms with van der Waals surface area (Å²) in [5.41, 5.74) is 1.05. The third-order valence-electron chi connectivity index (χ3n) is 3.64. The molecule has 1 saturated carbocycles. The SMILES string of the molecule is c1nc(NC2C3CNCC32)c2sccc2n1. The zero-order chi connectivity index (χ0) is 10.5. The molecule has 16 heavy (non-hydrogen) atoms. The number of piperidine rings is 1. The quantitative estimate of drug-likeness (QED) is 0.820. The highest BCUT2D eigenvalue weighted by Gasteiger charge is 2.53. The number of anilines is 1. The van der Waals surface area contributed by atoms with E-state index in [1.165, 1.54) is 4.70 Å². The van der Waals surface area contributed by atoms with Crippen molar-refractivity contribution >= 4 is 27.4 Å². The Kier molecular flexibility index (Phi) is 1.75. The molecule has 0 radical (unpaired) electrons. The monoisotopic (exact) mass is 232 g/mol. The zero-order valence-electron chi connectivity index (χ0n) is 8.68.